The average Bonchev–Trinajstić information content (AvgIpc) is 2.87. The first kappa shape index (κ1) is 13.7. The Balaban J connectivity index is 1.98. The molecule has 0 radical (unpaired) electrons. The van der Waals surface area contributed by atoms with E-state index in [4.69, 9.17) is 9.15 Å². The highest BCUT2D eigenvalue weighted by molar-refractivity contribution is 5.21. The zero-order valence-corrected chi connectivity index (χ0v) is 12.0. The Morgan fingerprint density at radius 2 is 2.16 bits per heavy atom. The summed E-state index contributed by atoms with van der Waals surface area (Å²) in [6, 6.07) is 3.95. The second kappa shape index (κ2) is 5.93. The summed E-state index contributed by atoms with van der Waals surface area (Å²) in [5.41, 5.74) is 2.13. The number of nitrogens with one attached hydrogen (secondary N) is 1. The van der Waals surface area contributed by atoms with Crippen molar-refractivity contribution < 1.29 is 9.15 Å². The molecule has 2 heterocycles. The summed E-state index contributed by atoms with van der Waals surface area (Å²) in [6.45, 7) is 8.21. The fourth-order valence-corrected chi connectivity index (χ4v) is 1.96. The van der Waals surface area contributed by atoms with E-state index >= 15 is 0 Å². The molecule has 0 aliphatic carbocycles. The first-order valence-electron chi connectivity index (χ1n) is 6.52. The minimum absolute atomic E-state index is 0.423. The lowest BCUT2D eigenvalue weighted by Crippen LogP contribution is -2.11. The Hall–Kier alpha value is -1.75. The highest BCUT2D eigenvalue weighted by Gasteiger charge is 2.09. The van der Waals surface area contributed by atoms with Crippen LogP contribution in [0.5, 0.6) is 5.88 Å². The SMILES string of the molecule is CCNCc1cc(COc2cc(C)nn2C)oc1C. The highest BCUT2D eigenvalue weighted by atomic mass is 16.5. The monoisotopic (exact) mass is 263 g/mol. The second-order valence-electron chi connectivity index (χ2n) is 4.61. The quantitative estimate of drug-likeness (QED) is 0.869. The van der Waals surface area contributed by atoms with Gasteiger partial charge in [0.2, 0.25) is 5.88 Å². The van der Waals surface area contributed by atoms with Gasteiger partial charge in [0, 0.05) is 25.2 Å². The van der Waals surface area contributed by atoms with Crippen molar-refractivity contribution in [3.63, 3.8) is 0 Å². The van der Waals surface area contributed by atoms with E-state index in [2.05, 4.69) is 17.3 Å². The third kappa shape index (κ3) is 3.38. The Labute approximate surface area is 113 Å². The van der Waals surface area contributed by atoms with E-state index in [-0.39, 0.29) is 0 Å². The number of aromatic nitrogens is 2. The maximum atomic E-state index is 5.70. The fourth-order valence-electron chi connectivity index (χ4n) is 1.96. The number of hydrogen-bond donors (Lipinski definition) is 1. The van der Waals surface area contributed by atoms with Crippen LogP contribution in [0.1, 0.15) is 29.7 Å². The third-order valence-electron chi connectivity index (χ3n) is 2.96. The fraction of sp³-hybridized carbons (Fsp3) is 0.500. The minimum atomic E-state index is 0.423. The van der Waals surface area contributed by atoms with Crippen molar-refractivity contribution in [2.75, 3.05) is 6.54 Å². The summed E-state index contributed by atoms with van der Waals surface area (Å²) in [5.74, 6) is 2.53. The van der Waals surface area contributed by atoms with Crippen molar-refractivity contribution >= 4 is 0 Å². The van der Waals surface area contributed by atoms with Gasteiger partial charge in [-0.25, -0.2) is 4.68 Å². The molecular formula is C14H21N3O2. The molecule has 2 rings (SSSR count). The average molecular weight is 263 g/mol. The zero-order valence-electron chi connectivity index (χ0n) is 12.0. The smallest absolute Gasteiger partial charge is 0.212 e. The molecule has 0 bridgehead atoms. The largest absolute Gasteiger partial charge is 0.470 e. The van der Waals surface area contributed by atoms with Gasteiger partial charge < -0.3 is 14.5 Å². The predicted octanol–water partition coefficient (Wildman–Crippen LogP) is 2.32. The van der Waals surface area contributed by atoms with E-state index in [1.165, 1.54) is 5.56 Å². The van der Waals surface area contributed by atoms with Crippen molar-refractivity contribution in [1.82, 2.24) is 15.1 Å². The van der Waals surface area contributed by atoms with Crippen LogP contribution in [0.25, 0.3) is 0 Å². The van der Waals surface area contributed by atoms with Crippen molar-refractivity contribution in [3.8, 4) is 5.88 Å². The third-order valence-corrected chi connectivity index (χ3v) is 2.96. The van der Waals surface area contributed by atoms with Crippen molar-refractivity contribution in [2.45, 2.75) is 33.9 Å². The van der Waals surface area contributed by atoms with E-state index < -0.39 is 0 Å². The van der Waals surface area contributed by atoms with E-state index in [1.54, 1.807) is 4.68 Å². The second-order valence-corrected chi connectivity index (χ2v) is 4.61. The maximum absolute atomic E-state index is 5.70. The van der Waals surface area contributed by atoms with Gasteiger partial charge in [0.05, 0.1) is 5.69 Å². The number of ether oxygens (including phenoxy) is 1. The van der Waals surface area contributed by atoms with Crippen LogP contribution in [-0.4, -0.2) is 16.3 Å². The summed E-state index contributed by atoms with van der Waals surface area (Å²) in [5, 5.41) is 7.53. The van der Waals surface area contributed by atoms with Crippen LogP contribution < -0.4 is 10.1 Å². The van der Waals surface area contributed by atoms with Gasteiger partial charge in [0.15, 0.2) is 0 Å². The van der Waals surface area contributed by atoms with Gasteiger partial charge >= 0.3 is 0 Å². The molecule has 0 aliphatic rings. The number of rotatable bonds is 6. The zero-order chi connectivity index (χ0) is 13.8. The topological polar surface area (TPSA) is 52.2 Å². The van der Waals surface area contributed by atoms with Crippen LogP contribution in [0.3, 0.4) is 0 Å². The minimum Gasteiger partial charge on any atom is -0.470 e. The lowest BCUT2D eigenvalue weighted by molar-refractivity contribution is 0.247. The summed E-state index contributed by atoms with van der Waals surface area (Å²) in [4.78, 5) is 0. The lowest BCUT2D eigenvalue weighted by atomic mass is 10.2. The Morgan fingerprint density at radius 1 is 1.37 bits per heavy atom. The summed E-state index contributed by atoms with van der Waals surface area (Å²) in [7, 11) is 1.87. The molecule has 1 N–H and O–H groups in total. The van der Waals surface area contributed by atoms with E-state index in [9.17, 15) is 0 Å². The Kier molecular flexibility index (Phi) is 4.27. The van der Waals surface area contributed by atoms with Crippen LogP contribution in [0, 0.1) is 13.8 Å². The Bertz CT molecular complexity index is 543. The van der Waals surface area contributed by atoms with Gasteiger partial charge in [-0.1, -0.05) is 6.92 Å². The predicted molar refractivity (Wildman–Crippen MR) is 73.1 cm³/mol. The molecule has 0 fully saturated rings. The van der Waals surface area contributed by atoms with Gasteiger partial charge in [-0.2, -0.15) is 5.10 Å². The maximum Gasteiger partial charge on any atom is 0.212 e. The molecule has 104 valence electrons. The van der Waals surface area contributed by atoms with Crippen LogP contribution in [0.15, 0.2) is 16.5 Å². The van der Waals surface area contributed by atoms with E-state index in [0.29, 0.717) is 6.61 Å². The van der Waals surface area contributed by atoms with E-state index in [1.807, 2.05) is 33.0 Å². The standard InChI is InChI=1S/C14H21N3O2/c1-5-15-8-12-7-13(19-11(12)3)9-18-14-6-10(2)16-17(14)4/h6-7,15H,5,8-9H2,1-4H3. The molecule has 0 atom stereocenters. The molecule has 19 heavy (non-hydrogen) atoms. The summed E-state index contributed by atoms with van der Waals surface area (Å²) in [6.07, 6.45) is 0. The van der Waals surface area contributed by atoms with E-state index in [0.717, 1.165) is 36.2 Å². The van der Waals surface area contributed by atoms with Crippen molar-refractivity contribution in [3.05, 3.63) is 34.9 Å². The number of hydrogen-bond acceptors (Lipinski definition) is 4. The first-order chi connectivity index (χ1) is 9.10. The summed E-state index contributed by atoms with van der Waals surface area (Å²) < 4.78 is 13.1. The van der Waals surface area contributed by atoms with Gasteiger partial charge in [-0.3, -0.25) is 0 Å². The van der Waals surface area contributed by atoms with Crippen LogP contribution in [-0.2, 0) is 20.2 Å². The molecule has 0 spiro atoms. The molecule has 0 unspecified atom stereocenters. The van der Waals surface area contributed by atoms with Gasteiger partial charge in [0.25, 0.3) is 0 Å². The number of aryl methyl sites for hydroxylation is 3. The molecule has 2 aromatic heterocycles. The molecule has 0 amide bonds. The number of nitrogens with zero attached hydrogens (tertiary/aromatic N) is 2. The van der Waals surface area contributed by atoms with Gasteiger partial charge in [-0.15, -0.1) is 0 Å². The first-order valence-corrected chi connectivity index (χ1v) is 6.52. The van der Waals surface area contributed by atoms with Crippen molar-refractivity contribution in [1.29, 1.82) is 0 Å². The van der Waals surface area contributed by atoms with Gasteiger partial charge in [-0.05, 0) is 26.5 Å². The number of furan rings is 1. The van der Waals surface area contributed by atoms with Crippen LogP contribution >= 0.6 is 0 Å². The molecule has 5 heteroatoms. The molecular weight excluding hydrogens is 242 g/mol. The van der Waals surface area contributed by atoms with Gasteiger partial charge in [0.1, 0.15) is 18.1 Å². The lowest BCUT2D eigenvalue weighted by Gasteiger charge is -2.03. The van der Waals surface area contributed by atoms with Crippen molar-refractivity contribution in [2.24, 2.45) is 7.05 Å². The molecule has 2 aromatic rings. The summed E-state index contributed by atoms with van der Waals surface area (Å²) >= 11 is 0. The molecule has 5 nitrogen and oxygen atoms in total. The highest BCUT2D eigenvalue weighted by Crippen LogP contribution is 2.18. The van der Waals surface area contributed by atoms with Crippen LogP contribution in [0.4, 0.5) is 0 Å². The Morgan fingerprint density at radius 3 is 2.79 bits per heavy atom. The molecule has 0 aromatic carbocycles. The molecule has 0 saturated heterocycles. The normalized spacial score (nSPS) is 10.9. The van der Waals surface area contributed by atoms with Crippen LogP contribution in [0.2, 0.25) is 0 Å². The molecule has 0 aliphatic heterocycles. The molecule has 0 saturated carbocycles.